The summed E-state index contributed by atoms with van der Waals surface area (Å²) in [6.45, 7) is 4.14. The molecule has 0 bridgehead atoms. The number of carbonyl (C=O) groups is 1. The number of aliphatic hydroxyl groups is 1. The number of nitrogens with one attached hydrogen (secondary N) is 1. The molecule has 2 rings (SSSR count). The van der Waals surface area contributed by atoms with Gasteiger partial charge in [0.15, 0.2) is 0 Å². The monoisotopic (exact) mass is 334 g/mol. The SMILES string of the molecule is COCC(C)(CCO)NC(=O)c1cccc(-c2csc(C)n2)c1. The first-order valence-corrected chi connectivity index (χ1v) is 8.30. The molecule has 1 heterocycles. The van der Waals surface area contributed by atoms with Crippen LogP contribution in [0.3, 0.4) is 0 Å². The first-order chi connectivity index (χ1) is 11.0. The van der Waals surface area contributed by atoms with E-state index < -0.39 is 5.54 Å². The summed E-state index contributed by atoms with van der Waals surface area (Å²) in [5, 5.41) is 15.1. The zero-order valence-corrected chi connectivity index (χ0v) is 14.4. The van der Waals surface area contributed by atoms with E-state index in [9.17, 15) is 9.90 Å². The third-order valence-corrected chi connectivity index (χ3v) is 4.35. The van der Waals surface area contributed by atoms with Crippen molar-refractivity contribution in [2.24, 2.45) is 0 Å². The van der Waals surface area contributed by atoms with Crippen LogP contribution >= 0.6 is 11.3 Å². The topological polar surface area (TPSA) is 71.5 Å². The molecule has 0 aliphatic rings. The van der Waals surface area contributed by atoms with Crippen LogP contribution in [-0.2, 0) is 4.74 Å². The third kappa shape index (κ3) is 4.60. The van der Waals surface area contributed by atoms with E-state index in [1.807, 2.05) is 37.4 Å². The molecule has 6 heteroatoms. The quantitative estimate of drug-likeness (QED) is 0.816. The maximum atomic E-state index is 12.5. The standard InChI is InChI=1S/C17H22N2O3S/c1-12-18-15(10-23-12)13-5-4-6-14(9-13)16(21)19-17(2,7-8-20)11-22-3/h4-6,9-10,20H,7-8,11H2,1-3H3,(H,19,21). The fourth-order valence-corrected chi connectivity index (χ4v) is 3.02. The van der Waals surface area contributed by atoms with Crippen molar-refractivity contribution in [2.75, 3.05) is 20.3 Å². The molecule has 1 aromatic heterocycles. The van der Waals surface area contributed by atoms with Crippen molar-refractivity contribution >= 4 is 17.2 Å². The van der Waals surface area contributed by atoms with Gasteiger partial charge in [-0.3, -0.25) is 4.79 Å². The molecule has 0 radical (unpaired) electrons. The normalized spacial score (nSPS) is 13.6. The molecule has 0 fully saturated rings. The molecule has 0 saturated carbocycles. The summed E-state index contributed by atoms with van der Waals surface area (Å²) in [7, 11) is 1.58. The summed E-state index contributed by atoms with van der Waals surface area (Å²) < 4.78 is 5.16. The maximum absolute atomic E-state index is 12.5. The highest BCUT2D eigenvalue weighted by Crippen LogP contribution is 2.22. The summed E-state index contributed by atoms with van der Waals surface area (Å²) in [5.41, 5.74) is 1.75. The third-order valence-electron chi connectivity index (χ3n) is 3.58. The van der Waals surface area contributed by atoms with Gasteiger partial charge in [0.05, 0.1) is 22.8 Å². The molecule has 0 saturated heterocycles. The van der Waals surface area contributed by atoms with Crippen LogP contribution in [0.4, 0.5) is 0 Å². The first kappa shape index (κ1) is 17.6. The second kappa shape index (κ2) is 7.68. The van der Waals surface area contributed by atoms with Gasteiger partial charge in [-0.1, -0.05) is 12.1 Å². The molecule has 0 aliphatic heterocycles. The molecule has 2 N–H and O–H groups in total. The van der Waals surface area contributed by atoms with E-state index in [2.05, 4.69) is 10.3 Å². The second-order valence-corrected chi connectivity index (χ2v) is 6.82. The lowest BCUT2D eigenvalue weighted by Crippen LogP contribution is -2.50. The zero-order valence-electron chi connectivity index (χ0n) is 13.6. The number of amides is 1. The lowest BCUT2D eigenvalue weighted by Gasteiger charge is -2.29. The van der Waals surface area contributed by atoms with Gasteiger partial charge in [0.1, 0.15) is 0 Å². The number of benzene rings is 1. The minimum Gasteiger partial charge on any atom is -0.396 e. The summed E-state index contributed by atoms with van der Waals surface area (Å²) in [6, 6.07) is 7.38. The lowest BCUT2D eigenvalue weighted by molar-refractivity contribution is 0.0725. The van der Waals surface area contributed by atoms with E-state index in [0.717, 1.165) is 16.3 Å². The Morgan fingerprint density at radius 2 is 2.26 bits per heavy atom. The predicted molar refractivity (Wildman–Crippen MR) is 91.7 cm³/mol. The Hall–Kier alpha value is -1.76. The van der Waals surface area contributed by atoms with Crippen molar-refractivity contribution in [3.05, 3.63) is 40.2 Å². The van der Waals surface area contributed by atoms with Crippen molar-refractivity contribution in [1.82, 2.24) is 10.3 Å². The number of aryl methyl sites for hydroxylation is 1. The van der Waals surface area contributed by atoms with E-state index in [-0.39, 0.29) is 12.5 Å². The van der Waals surface area contributed by atoms with Crippen molar-refractivity contribution < 1.29 is 14.6 Å². The molecular formula is C17H22N2O3S. The van der Waals surface area contributed by atoms with Crippen molar-refractivity contribution in [1.29, 1.82) is 0 Å². The molecule has 1 amide bonds. The van der Waals surface area contributed by atoms with Crippen LogP contribution in [0.2, 0.25) is 0 Å². The summed E-state index contributed by atoms with van der Waals surface area (Å²) in [5.74, 6) is -0.188. The summed E-state index contributed by atoms with van der Waals surface area (Å²) in [4.78, 5) is 17.0. The fourth-order valence-electron chi connectivity index (χ4n) is 2.40. The van der Waals surface area contributed by atoms with Gasteiger partial charge in [-0.2, -0.15) is 0 Å². The van der Waals surface area contributed by atoms with Gasteiger partial charge in [0.25, 0.3) is 5.91 Å². The Kier molecular flexibility index (Phi) is 5.87. The molecule has 0 aliphatic carbocycles. The minimum atomic E-state index is -0.603. The number of ether oxygens (including phenoxy) is 1. The molecule has 23 heavy (non-hydrogen) atoms. The molecule has 5 nitrogen and oxygen atoms in total. The van der Waals surface area contributed by atoms with Gasteiger partial charge >= 0.3 is 0 Å². The fraction of sp³-hybridized carbons (Fsp3) is 0.412. The smallest absolute Gasteiger partial charge is 0.251 e. The Morgan fingerprint density at radius 1 is 1.48 bits per heavy atom. The van der Waals surface area contributed by atoms with E-state index in [4.69, 9.17) is 4.74 Å². The summed E-state index contributed by atoms with van der Waals surface area (Å²) in [6.07, 6.45) is 0.428. The van der Waals surface area contributed by atoms with Crippen molar-refractivity contribution in [3.63, 3.8) is 0 Å². The molecule has 124 valence electrons. The average Bonchev–Trinajstić information content (AvgIpc) is 2.94. The molecule has 1 unspecified atom stereocenters. The van der Waals surface area contributed by atoms with E-state index in [1.54, 1.807) is 24.5 Å². The van der Waals surface area contributed by atoms with Crippen molar-refractivity contribution in [3.8, 4) is 11.3 Å². The largest absolute Gasteiger partial charge is 0.396 e. The van der Waals surface area contributed by atoms with Gasteiger partial charge < -0.3 is 15.2 Å². The van der Waals surface area contributed by atoms with E-state index in [1.165, 1.54) is 0 Å². The molecule has 2 aromatic rings. The number of aromatic nitrogens is 1. The summed E-state index contributed by atoms with van der Waals surface area (Å²) >= 11 is 1.58. The van der Waals surface area contributed by atoms with Gasteiger partial charge in [-0.05, 0) is 32.4 Å². The van der Waals surface area contributed by atoms with Crippen LogP contribution < -0.4 is 5.32 Å². The Balaban J connectivity index is 2.19. The van der Waals surface area contributed by atoms with Crippen LogP contribution in [0.25, 0.3) is 11.3 Å². The van der Waals surface area contributed by atoms with Crippen molar-refractivity contribution in [2.45, 2.75) is 25.8 Å². The Morgan fingerprint density at radius 3 is 2.87 bits per heavy atom. The number of carbonyl (C=O) groups excluding carboxylic acids is 1. The highest BCUT2D eigenvalue weighted by atomic mass is 32.1. The van der Waals surface area contributed by atoms with Crippen LogP contribution in [0.1, 0.15) is 28.7 Å². The van der Waals surface area contributed by atoms with Crippen LogP contribution in [0.15, 0.2) is 29.6 Å². The second-order valence-electron chi connectivity index (χ2n) is 5.75. The van der Waals surface area contributed by atoms with Gasteiger partial charge in [0, 0.05) is 30.2 Å². The highest BCUT2D eigenvalue weighted by Gasteiger charge is 2.26. The molecule has 0 spiro atoms. The number of thiazole rings is 1. The molecule has 1 aromatic carbocycles. The molecular weight excluding hydrogens is 312 g/mol. The zero-order chi connectivity index (χ0) is 16.9. The van der Waals surface area contributed by atoms with Crippen LogP contribution in [0, 0.1) is 6.92 Å². The Labute approximate surface area is 140 Å². The number of hydrogen-bond acceptors (Lipinski definition) is 5. The maximum Gasteiger partial charge on any atom is 0.251 e. The minimum absolute atomic E-state index is 0.0156. The first-order valence-electron chi connectivity index (χ1n) is 7.42. The predicted octanol–water partition coefficient (Wildman–Crippen LogP) is 2.64. The average molecular weight is 334 g/mol. The number of methoxy groups -OCH3 is 1. The van der Waals surface area contributed by atoms with E-state index in [0.29, 0.717) is 18.6 Å². The van der Waals surface area contributed by atoms with Gasteiger partial charge in [0.2, 0.25) is 0 Å². The molecule has 1 atom stereocenters. The number of nitrogens with zero attached hydrogens (tertiary/aromatic N) is 1. The van der Waals surface area contributed by atoms with Crippen LogP contribution in [-0.4, -0.2) is 41.9 Å². The van der Waals surface area contributed by atoms with Gasteiger partial charge in [-0.25, -0.2) is 4.98 Å². The number of aliphatic hydroxyl groups excluding tert-OH is 1. The lowest BCUT2D eigenvalue weighted by atomic mass is 9.98. The Bertz CT molecular complexity index is 663. The van der Waals surface area contributed by atoms with Crippen LogP contribution in [0.5, 0.6) is 0 Å². The number of hydrogen-bond donors (Lipinski definition) is 2. The van der Waals surface area contributed by atoms with E-state index >= 15 is 0 Å². The highest BCUT2D eigenvalue weighted by molar-refractivity contribution is 7.09. The number of rotatable bonds is 7. The van der Waals surface area contributed by atoms with Gasteiger partial charge in [-0.15, -0.1) is 11.3 Å².